The second-order valence-corrected chi connectivity index (χ2v) is 17.3. The fourth-order valence-electron chi connectivity index (χ4n) is 5.10. The molecule has 213 valence electrons. The largest absolute Gasteiger partial charge is 0.741 e. The van der Waals surface area contributed by atoms with Crippen LogP contribution in [-0.4, -0.2) is 41.1 Å². The van der Waals surface area contributed by atoms with Gasteiger partial charge in [0.1, 0.15) is 0 Å². The third-order valence-corrected chi connectivity index (χ3v) is 14.4. The van der Waals surface area contributed by atoms with Crippen molar-refractivity contribution in [2.75, 3.05) is 0 Å². The van der Waals surface area contributed by atoms with Gasteiger partial charge in [0, 0.05) is 19.5 Å². The second-order valence-electron chi connectivity index (χ2n) is 9.85. The molecule has 4 atom stereocenters. The van der Waals surface area contributed by atoms with Crippen molar-refractivity contribution in [3.8, 4) is 0 Å². The van der Waals surface area contributed by atoms with Gasteiger partial charge in [0.15, 0.2) is 10.1 Å². The number of rotatable bonds is 2. The summed E-state index contributed by atoms with van der Waals surface area (Å²) < 4.78 is 58.9. The van der Waals surface area contributed by atoms with E-state index in [-0.39, 0.29) is 35.3 Å². The summed E-state index contributed by atoms with van der Waals surface area (Å²) in [6.45, 7) is 10.0. The summed E-state index contributed by atoms with van der Waals surface area (Å²) >= 11 is 0. The molecule has 0 unspecified atom stereocenters. The van der Waals surface area contributed by atoms with E-state index in [1.807, 2.05) is 0 Å². The Bertz CT molecular complexity index is 896. The molecule has 1 aromatic rings. The molecule has 0 aromatic heterocycles. The molecule has 1 aliphatic carbocycles. The average Bonchev–Trinajstić information content (AvgIpc) is 3.27. The molecule has 4 rings (SSSR count). The topological polar surface area (TPSA) is 57.2 Å². The zero-order valence-corrected chi connectivity index (χ0v) is 26.3. The first-order valence-corrected chi connectivity index (χ1v) is 17.2. The molecule has 1 aromatic carbocycles. The molecular weight excluding hydrogens is 626 g/mol. The van der Waals surface area contributed by atoms with E-state index in [2.05, 4.69) is 76.3 Å². The van der Waals surface area contributed by atoms with Gasteiger partial charge >= 0.3 is 5.51 Å². The Hall–Kier alpha value is -0.117. The number of allylic oxidation sites excluding steroid dienone is 4. The fraction of sp³-hybridized carbons (Fsp3) is 0.630. The minimum Gasteiger partial charge on any atom is -0.741 e. The van der Waals surface area contributed by atoms with E-state index in [0.29, 0.717) is 0 Å². The Morgan fingerprint density at radius 3 is 1.16 bits per heavy atom. The van der Waals surface area contributed by atoms with E-state index in [1.54, 1.807) is 10.6 Å². The normalized spacial score (nSPS) is 26.7. The first kappa shape index (κ1) is 34.9. The molecule has 0 amide bonds. The van der Waals surface area contributed by atoms with Crippen molar-refractivity contribution in [2.24, 2.45) is 0 Å². The molecule has 1 radical (unpaired) electrons. The number of halogens is 3. The van der Waals surface area contributed by atoms with Crippen molar-refractivity contribution in [1.82, 2.24) is 0 Å². The molecule has 0 N–H and O–H groups in total. The van der Waals surface area contributed by atoms with Crippen molar-refractivity contribution in [1.29, 1.82) is 0 Å². The molecule has 37 heavy (non-hydrogen) atoms. The Kier molecular flexibility index (Phi) is 15.3. The van der Waals surface area contributed by atoms with E-state index >= 15 is 0 Å². The molecule has 3 nitrogen and oxygen atoms in total. The van der Waals surface area contributed by atoms with Crippen LogP contribution in [0.3, 0.4) is 0 Å². The molecule has 10 heteroatoms. The molecule has 0 saturated carbocycles. The summed E-state index contributed by atoms with van der Waals surface area (Å²) in [6, 6.07) is 9.55. The summed E-state index contributed by atoms with van der Waals surface area (Å²) in [6.07, 6.45) is 19.8. The zero-order valence-electron chi connectivity index (χ0n) is 22.1. The molecule has 2 heterocycles. The maximum Gasteiger partial charge on any atom is 0.485 e. The van der Waals surface area contributed by atoms with Gasteiger partial charge in [0.25, 0.3) is 0 Å². The smallest absolute Gasteiger partial charge is 0.485 e. The van der Waals surface area contributed by atoms with E-state index in [1.165, 1.54) is 51.4 Å². The van der Waals surface area contributed by atoms with Crippen molar-refractivity contribution >= 4 is 36.6 Å². The first-order valence-electron chi connectivity index (χ1n) is 12.8. The van der Waals surface area contributed by atoms with Crippen LogP contribution in [0.5, 0.6) is 0 Å². The minimum absolute atomic E-state index is 0. The predicted octanol–water partition coefficient (Wildman–Crippen LogP) is 7.76. The van der Waals surface area contributed by atoms with Gasteiger partial charge < -0.3 is 4.55 Å². The Morgan fingerprint density at radius 2 is 0.946 bits per heavy atom. The van der Waals surface area contributed by atoms with Gasteiger partial charge in [0.2, 0.25) is 0 Å². The molecule has 3 aliphatic rings. The minimum atomic E-state index is -6.09. The van der Waals surface area contributed by atoms with Crippen LogP contribution in [0.4, 0.5) is 13.2 Å². The molecule has 2 aliphatic heterocycles. The molecule has 0 spiro atoms. The number of hydrogen-bond acceptors (Lipinski definition) is 3. The Morgan fingerprint density at radius 1 is 0.703 bits per heavy atom. The van der Waals surface area contributed by atoms with Gasteiger partial charge in [-0.15, -0.1) is 0 Å². The third kappa shape index (κ3) is 10.8. The standard InChI is InChI=1S/C18H28P2.C8H12.CHF3O3S.Rh/c1-13-9-10-14(2)19(13)17-7-5-6-8-18(17)20-15(3)11-12-16(20)4;1-2-4-6-8-7-5-3-1;2-1(3,4)8(5,6)7;/h5-8,13-16H,9-12H2,1-4H3;1-2,7-8H,3-6H2;(H,5,6,7);/p-1/t13-,14-,15-,16-;;;/m0.../s1. The summed E-state index contributed by atoms with van der Waals surface area (Å²) in [5.41, 5.74) is -1.91. The van der Waals surface area contributed by atoms with Crippen molar-refractivity contribution in [3.05, 3.63) is 48.6 Å². The summed E-state index contributed by atoms with van der Waals surface area (Å²) in [5, 5.41) is 3.57. The van der Waals surface area contributed by atoms with E-state index in [0.717, 1.165) is 22.6 Å². The van der Waals surface area contributed by atoms with Gasteiger partial charge in [0.05, 0.1) is 0 Å². The van der Waals surface area contributed by atoms with Crippen molar-refractivity contribution < 1.29 is 45.6 Å². The van der Waals surface area contributed by atoms with Crippen molar-refractivity contribution in [3.63, 3.8) is 0 Å². The van der Waals surface area contributed by atoms with Gasteiger partial charge in [-0.2, -0.15) is 13.2 Å². The number of benzene rings is 1. The number of hydrogen-bond donors (Lipinski definition) is 0. The molecule has 2 fully saturated rings. The van der Waals surface area contributed by atoms with Gasteiger partial charge in [-0.1, -0.05) is 92.1 Å². The molecule has 2 saturated heterocycles. The Balaban J connectivity index is 0.000000335. The van der Waals surface area contributed by atoms with Crippen molar-refractivity contribution in [2.45, 2.75) is 107 Å². The van der Waals surface area contributed by atoms with Gasteiger partial charge in [-0.25, -0.2) is 8.42 Å². The summed E-state index contributed by atoms with van der Waals surface area (Å²) in [5.74, 6) is 0. The van der Waals surface area contributed by atoms with Crippen LogP contribution >= 0.6 is 15.8 Å². The summed E-state index contributed by atoms with van der Waals surface area (Å²) in [7, 11) is -5.93. The average molecular weight is 667 g/mol. The maximum absolute atomic E-state index is 10.7. The SMILES string of the molecule is C1=CCCC=CCC1.C[C@H]1CC[C@H](C)P1c1ccccc1P1[C@@H](C)CC[C@@H]1C.O=S(=O)([O-])C(F)(F)F.[Rh]. The second kappa shape index (κ2) is 16.2. The predicted molar refractivity (Wildman–Crippen MR) is 148 cm³/mol. The first-order chi connectivity index (χ1) is 16.8. The van der Waals surface area contributed by atoms with Crippen LogP contribution in [0.2, 0.25) is 0 Å². The monoisotopic (exact) mass is 666 g/mol. The molecule has 0 bridgehead atoms. The quantitative estimate of drug-likeness (QED) is 0.107. The maximum atomic E-state index is 10.7. The van der Waals surface area contributed by atoms with E-state index < -0.39 is 15.6 Å². The number of alkyl halides is 3. The third-order valence-electron chi connectivity index (χ3n) is 6.96. The summed E-state index contributed by atoms with van der Waals surface area (Å²) in [4.78, 5) is 0. The van der Waals surface area contributed by atoms with Gasteiger partial charge in [-0.3, -0.25) is 0 Å². The Labute approximate surface area is 237 Å². The van der Waals surface area contributed by atoms with Crippen LogP contribution in [0.25, 0.3) is 0 Å². The van der Waals surface area contributed by atoms with Crippen LogP contribution in [-0.2, 0) is 29.6 Å². The zero-order chi connectivity index (χ0) is 26.9. The van der Waals surface area contributed by atoms with Crippen LogP contribution in [0, 0.1) is 0 Å². The van der Waals surface area contributed by atoms with Crippen LogP contribution in [0.1, 0.15) is 79.1 Å². The van der Waals surface area contributed by atoms with Crippen LogP contribution in [0.15, 0.2) is 48.6 Å². The van der Waals surface area contributed by atoms with E-state index in [9.17, 15) is 13.2 Å². The fourth-order valence-corrected chi connectivity index (χ4v) is 12.3. The van der Waals surface area contributed by atoms with Gasteiger partial charge in [-0.05, 0) is 84.6 Å². The molecular formula is C27H40F3O3P2RhS-. The van der Waals surface area contributed by atoms with E-state index in [4.69, 9.17) is 13.0 Å². The van der Waals surface area contributed by atoms with Crippen LogP contribution < -0.4 is 10.6 Å².